The van der Waals surface area contributed by atoms with Gasteiger partial charge >= 0.3 is 0 Å². The van der Waals surface area contributed by atoms with Crippen LogP contribution in [-0.4, -0.2) is 54.6 Å². The van der Waals surface area contributed by atoms with Gasteiger partial charge in [-0.1, -0.05) is 49.5 Å². The molecule has 30 heavy (non-hydrogen) atoms. The molecule has 0 aliphatic carbocycles. The highest BCUT2D eigenvalue weighted by atomic mass is 16.7. The van der Waals surface area contributed by atoms with Crippen LogP contribution in [0.4, 0.5) is 0 Å². The van der Waals surface area contributed by atoms with Crippen molar-refractivity contribution in [3.8, 4) is 12.3 Å². The largest absolute Gasteiger partial charge is 0.390 e. The molecule has 0 spiro atoms. The van der Waals surface area contributed by atoms with E-state index >= 15 is 0 Å². The molecule has 0 fully saturated rings. The summed E-state index contributed by atoms with van der Waals surface area (Å²) in [5.74, 6) is 3.09. The molecule has 1 aliphatic heterocycles. The molecule has 5 heteroatoms. The van der Waals surface area contributed by atoms with Gasteiger partial charge in [-0.25, -0.2) is 0 Å². The van der Waals surface area contributed by atoms with E-state index in [0.29, 0.717) is 25.2 Å². The minimum atomic E-state index is -0.944. The zero-order valence-corrected chi connectivity index (χ0v) is 18.4. The van der Waals surface area contributed by atoms with Gasteiger partial charge in [0.1, 0.15) is 6.79 Å². The number of ether oxygens (including phenoxy) is 3. The van der Waals surface area contributed by atoms with Crippen LogP contribution in [0.15, 0.2) is 49.1 Å². The Balaban J connectivity index is 2.49. The molecule has 6 atom stereocenters. The molecule has 0 amide bonds. The Morgan fingerprint density at radius 1 is 1.40 bits per heavy atom. The second-order valence-corrected chi connectivity index (χ2v) is 7.94. The first-order valence-corrected chi connectivity index (χ1v) is 10.6. The summed E-state index contributed by atoms with van der Waals surface area (Å²) in [6, 6.07) is 0. The van der Waals surface area contributed by atoms with Crippen LogP contribution in [0.3, 0.4) is 0 Å². The zero-order valence-electron chi connectivity index (χ0n) is 18.4. The third-order valence-corrected chi connectivity index (χ3v) is 4.99. The lowest BCUT2D eigenvalue weighted by Crippen LogP contribution is -2.25. The van der Waals surface area contributed by atoms with Crippen molar-refractivity contribution in [2.75, 3.05) is 13.9 Å². The van der Waals surface area contributed by atoms with E-state index in [9.17, 15) is 10.2 Å². The standard InChI is InChI=1S/C25H38O5/c1-6-10-21-11-8-13-23(30-21)17-20(4)15-19(3)16-22(29-18-28-5)12-9-14-25(27)24(26)7-2/h1,7-9,11-12,20-27H,2-3,10,13-18H2,4-5H3/b12-9+/t20?,21?,22?,23-,24?,25?/m0/s1. The normalized spacial score (nSPS) is 22.9. The molecule has 0 radical (unpaired) electrons. The Kier molecular flexibility index (Phi) is 13.3. The molecule has 0 saturated heterocycles. The van der Waals surface area contributed by atoms with Crippen molar-refractivity contribution in [1.29, 1.82) is 0 Å². The highest BCUT2D eigenvalue weighted by molar-refractivity contribution is 5.05. The molecule has 1 rings (SSSR count). The van der Waals surface area contributed by atoms with Gasteiger partial charge in [0, 0.05) is 13.5 Å². The number of hydrogen-bond acceptors (Lipinski definition) is 5. The highest BCUT2D eigenvalue weighted by Crippen LogP contribution is 2.25. The summed E-state index contributed by atoms with van der Waals surface area (Å²) in [5, 5.41) is 19.4. The third-order valence-electron chi connectivity index (χ3n) is 4.99. The van der Waals surface area contributed by atoms with Crippen molar-refractivity contribution in [2.45, 2.75) is 76.0 Å². The molecule has 168 valence electrons. The van der Waals surface area contributed by atoms with Gasteiger partial charge in [0.25, 0.3) is 0 Å². The molecule has 5 nitrogen and oxygen atoms in total. The molecule has 1 heterocycles. The van der Waals surface area contributed by atoms with E-state index in [0.717, 1.165) is 24.8 Å². The Bertz CT molecular complexity index is 603. The van der Waals surface area contributed by atoms with Crippen molar-refractivity contribution in [1.82, 2.24) is 0 Å². The topological polar surface area (TPSA) is 68.2 Å². The Morgan fingerprint density at radius 2 is 2.17 bits per heavy atom. The summed E-state index contributed by atoms with van der Waals surface area (Å²) >= 11 is 0. The van der Waals surface area contributed by atoms with E-state index in [2.05, 4.69) is 38.2 Å². The van der Waals surface area contributed by atoms with Crippen molar-refractivity contribution in [2.24, 2.45) is 5.92 Å². The van der Waals surface area contributed by atoms with Gasteiger partial charge in [-0.2, -0.15) is 0 Å². The predicted molar refractivity (Wildman–Crippen MR) is 121 cm³/mol. The van der Waals surface area contributed by atoms with E-state index in [4.69, 9.17) is 20.6 Å². The smallest absolute Gasteiger partial charge is 0.147 e. The van der Waals surface area contributed by atoms with Crippen molar-refractivity contribution in [3.05, 3.63) is 49.1 Å². The molecule has 2 N–H and O–H groups in total. The predicted octanol–water partition coefficient (Wildman–Crippen LogP) is 3.93. The molecule has 0 aromatic carbocycles. The number of methoxy groups -OCH3 is 1. The SMILES string of the molecule is C#CCC1C=CC[C@@H](CC(C)CC(=C)CC(/C=C/CC(O)C(O)C=C)OCOC)O1. The fourth-order valence-electron chi connectivity index (χ4n) is 3.51. The molecule has 0 aromatic heterocycles. The second-order valence-electron chi connectivity index (χ2n) is 7.94. The van der Waals surface area contributed by atoms with Gasteiger partial charge in [-0.05, 0) is 38.0 Å². The van der Waals surface area contributed by atoms with E-state index in [1.807, 2.05) is 12.2 Å². The first kappa shape index (κ1) is 26.4. The Hall–Kier alpha value is -1.68. The van der Waals surface area contributed by atoms with Crippen LogP contribution in [-0.2, 0) is 14.2 Å². The fourth-order valence-corrected chi connectivity index (χ4v) is 3.51. The van der Waals surface area contributed by atoms with Gasteiger partial charge in [0.2, 0.25) is 0 Å². The van der Waals surface area contributed by atoms with Crippen LogP contribution in [0.1, 0.15) is 45.4 Å². The van der Waals surface area contributed by atoms with Gasteiger partial charge in [0.05, 0.1) is 30.5 Å². The minimum absolute atomic E-state index is 0.0241. The van der Waals surface area contributed by atoms with E-state index in [1.54, 1.807) is 7.11 Å². The van der Waals surface area contributed by atoms with E-state index in [1.165, 1.54) is 6.08 Å². The maximum atomic E-state index is 9.83. The average molecular weight is 419 g/mol. The number of rotatable bonds is 15. The number of aliphatic hydroxyl groups excluding tert-OH is 2. The highest BCUT2D eigenvalue weighted by Gasteiger charge is 2.21. The lowest BCUT2D eigenvalue weighted by Gasteiger charge is -2.27. The van der Waals surface area contributed by atoms with Crippen molar-refractivity contribution >= 4 is 0 Å². The van der Waals surface area contributed by atoms with E-state index in [-0.39, 0.29) is 25.1 Å². The minimum Gasteiger partial charge on any atom is -0.390 e. The second kappa shape index (κ2) is 15.2. The van der Waals surface area contributed by atoms with Crippen LogP contribution in [0.2, 0.25) is 0 Å². The molecule has 0 saturated carbocycles. The molecule has 0 aromatic rings. The van der Waals surface area contributed by atoms with Crippen LogP contribution in [0.25, 0.3) is 0 Å². The maximum Gasteiger partial charge on any atom is 0.147 e. The lowest BCUT2D eigenvalue weighted by molar-refractivity contribution is -0.0553. The average Bonchev–Trinajstić information content (AvgIpc) is 2.71. The number of hydrogen-bond donors (Lipinski definition) is 2. The molecule has 1 aliphatic rings. The fraction of sp³-hybridized carbons (Fsp3) is 0.600. The first-order chi connectivity index (χ1) is 14.4. The first-order valence-electron chi connectivity index (χ1n) is 10.6. The monoisotopic (exact) mass is 418 g/mol. The zero-order chi connectivity index (χ0) is 22.4. The summed E-state index contributed by atoms with van der Waals surface area (Å²) in [7, 11) is 1.58. The third kappa shape index (κ3) is 10.9. The Labute approximate surface area is 182 Å². The van der Waals surface area contributed by atoms with E-state index < -0.39 is 12.2 Å². The quantitative estimate of drug-likeness (QED) is 0.240. The van der Waals surface area contributed by atoms with Gasteiger partial charge < -0.3 is 24.4 Å². The summed E-state index contributed by atoms with van der Waals surface area (Å²) < 4.78 is 16.8. The lowest BCUT2D eigenvalue weighted by atomic mass is 9.91. The number of terminal acetylenes is 1. The van der Waals surface area contributed by atoms with Crippen LogP contribution >= 0.6 is 0 Å². The van der Waals surface area contributed by atoms with Crippen LogP contribution in [0, 0.1) is 18.3 Å². The number of aliphatic hydroxyl groups is 2. The summed E-state index contributed by atoms with van der Waals surface area (Å²) in [6.45, 7) is 10.1. The molecule has 5 unspecified atom stereocenters. The summed E-state index contributed by atoms with van der Waals surface area (Å²) in [6.07, 6.45) is 17.1. The molecular formula is C25H38O5. The maximum absolute atomic E-state index is 9.83. The van der Waals surface area contributed by atoms with Gasteiger partial charge in [-0.3, -0.25) is 0 Å². The van der Waals surface area contributed by atoms with Gasteiger partial charge in [-0.15, -0.1) is 18.9 Å². The van der Waals surface area contributed by atoms with Crippen molar-refractivity contribution < 1.29 is 24.4 Å². The molecular weight excluding hydrogens is 380 g/mol. The van der Waals surface area contributed by atoms with Crippen molar-refractivity contribution in [3.63, 3.8) is 0 Å². The summed E-state index contributed by atoms with van der Waals surface area (Å²) in [4.78, 5) is 0. The van der Waals surface area contributed by atoms with Crippen LogP contribution < -0.4 is 0 Å². The van der Waals surface area contributed by atoms with Gasteiger partial charge in [0.15, 0.2) is 0 Å². The molecule has 0 bridgehead atoms. The van der Waals surface area contributed by atoms with Crippen LogP contribution in [0.5, 0.6) is 0 Å². The summed E-state index contributed by atoms with van der Waals surface area (Å²) in [5.41, 5.74) is 1.09. The Morgan fingerprint density at radius 3 is 2.83 bits per heavy atom.